The van der Waals surface area contributed by atoms with Crippen LogP contribution in [-0.4, -0.2) is 12.1 Å². The van der Waals surface area contributed by atoms with Crippen LogP contribution in [0.3, 0.4) is 0 Å². The third-order valence-corrected chi connectivity index (χ3v) is 2.80. The molecule has 1 heterocycles. The molecule has 0 fully saturated rings. The van der Waals surface area contributed by atoms with Gasteiger partial charge in [-0.2, -0.15) is 0 Å². The second-order valence-corrected chi connectivity index (χ2v) is 5.23. The Balaban J connectivity index is 2.67. The average Bonchev–Trinajstić information content (AvgIpc) is 2.27. The number of benzene rings is 1. The van der Waals surface area contributed by atoms with Gasteiger partial charge in [0.2, 0.25) is 0 Å². The summed E-state index contributed by atoms with van der Waals surface area (Å²) in [6.07, 6.45) is 0. The van der Waals surface area contributed by atoms with Gasteiger partial charge < -0.3 is 10.5 Å². The van der Waals surface area contributed by atoms with Crippen molar-refractivity contribution in [1.82, 2.24) is 4.98 Å². The van der Waals surface area contributed by atoms with Crippen molar-refractivity contribution in [2.45, 2.75) is 26.2 Å². The first kappa shape index (κ1) is 11.7. The Labute approximate surface area is 102 Å². The fraction of sp³-hybridized carbons (Fsp3) is 0.357. The molecule has 1 aromatic carbocycles. The van der Waals surface area contributed by atoms with Crippen molar-refractivity contribution in [3.8, 4) is 5.75 Å². The van der Waals surface area contributed by atoms with Crippen LogP contribution in [0.2, 0.25) is 0 Å². The standard InChI is InChI=1S/C14H18N2O/c1-14(2,3)12-6-5-9-7-10(17-4)8-11(15)13(9)16-12/h5-8H,15H2,1-4H3. The Kier molecular flexibility index (Phi) is 2.69. The maximum absolute atomic E-state index is 6.00. The molecular weight excluding hydrogens is 212 g/mol. The molecule has 17 heavy (non-hydrogen) atoms. The lowest BCUT2D eigenvalue weighted by Crippen LogP contribution is -2.13. The van der Waals surface area contributed by atoms with Gasteiger partial charge in [0.1, 0.15) is 5.75 Å². The third-order valence-electron chi connectivity index (χ3n) is 2.80. The SMILES string of the molecule is COc1cc(N)c2nc(C(C)(C)C)ccc2c1. The highest BCUT2D eigenvalue weighted by atomic mass is 16.5. The molecule has 0 atom stereocenters. The number of pyridine rings is 1. The number of nitrogens with two attached hydrogens (primary N) is 1. The summed E-state index contributed by atoms with van der Waals surface area (Å²) in [6, 6.07) is 7.84. The van der Waals surface area contributed by atoms with E-state index in [1.54, 1.807) is 7.11 Å². The molecule has 0 spiro atoms. The maximum Gasteiger partial charge on any atom is 0.121 e. The summed E-state index contributed by atoms with van der Waals surface area (Å²) in [4.78, 5) is 4.64. The monoisotopic (exact) mass is 230 g/mol. The zero-order valence-corrected chi connectivity index (χ0v) is 10.7. The molecule has 0 aliphatic rings. The molecule has 2 N–H and O–H groups in total. The van der Waals surface area contributed by atoms with E-state index in [0.29, 0.717) is 5.69 Å². The van der Waals surface area contributed by atoms with Crippen LogP contribution < -0.4 is 10.5 Å². The summed E-state index contributed by atoms with van der Waals surface area (Å²) in [5, 5.41) is 1.01. The lowest BCUT2D eigenvalue weighted by molar-refractivity contribution is 0.415. The van der Waals surface area contributed by atoms with Crippen molar-refractivity contribution in [3.05, 3.63) is 30.0 Å². The number of hydrogen-bond acceptors (Lipinski definition) is 3. The van der Waals surface area contributed by atoms with Gasteiger partial charge in [-0.15, -0.1) is 0 Å². The highest BCUT2D eigenvalue weighted by Gasteiger charge is 2.16. The molecule has 3 nitrogen and oxygen atoms in total. The number of rotatable bonds is 1. The second-order valence-electron chi connectivity index (χ2n) is 5.23. The Morgan fingerprint density at radius 3 is 2.47 bits per heavy atom. The number of fused-ring (bicyclic) bond motifs is 1. The predicted molar refractivity (Wildman–Crippen MR) is 71.4 cm³/mol. The van der Waals surface area contributed by atoms with E-state index in [2.05, 4.69) is 25.8 Å². The Morgan fingerprint density at radius 2 is 1.88 bits per heavy atom. The molecule has 2 aromatic rings. The van der Waals surface area contributed by atoms with Gasteiger partial charge in [-0.1, -0.05) is 26.8 Å². The van der Waals surface area contributed by atoms with Gasteiger partial charge in [-0.25, -0.2) is 0 Å². The van der Waals surface area contributed by atoms with Crippen molar-refractivity contribution in [2.24, 2.45) is 0 Å². The van der Waals surface area contributed by atoms with Crippen LogP contribution in [0.1, 0.15) is 26.5 Å². The van der Waals surface area contributed by atoms with Crippen LogP contribution in [0.5, 0.6) is 5.75 Å². The van der Waals surface area contributed by atoms with Crippen LogP contribution in [0.4, 0.5) is 5.69 Å². The number of nitrogen functional groups attached to an aromatic ring is 1. The van der Waals surface area contributed by atoms with Crippen molar-refractivity contribution in [3.63, 3.8) is 0 Å². The predicted octanol–water partition coefficient (Wildman–Crippen LogP) is 3.12. The summed E-state index contributed by atoms with van der Waals surface area (Å²) in [5.41, 5.74) is 8.58. The normalized spacial score (nSPS) is 11.8. The molecule has 0 saturated heterocycles. The zero-order chi connectivity index (χ0) is 12.6. The molecule has 1 aromatic heterocycles. The van der Waals surface area contributed by atoms with Gasteiger partial charge in [0.25, 0.3) is 0 Å². The fourth-order valence-corrected chi connectivity index (χ4v) is 1.77. The first-order valence-electron chi connectivity index (χ1n) is 5.66. The van der Waals surface area contributed by atoms with Crippen LogP contribution in [0.25, 0.3) is 10.9 Å². The molecule has 3 heteroatoms. The van der Waals surface area contributed by atoms with Crippen LogP contribution in [0, 0.1) is 0 Å². The lowest BCUT2D eigenvalue weighted by atomic mass is 9.91. The van der Waals surface area contributed by atoms with E-state index in [1.165, 1.54) is 0 Å². The molecule has 0 radical (unpaired) electrons. The maximum atomic E-state index is 6.00. The number of anilines is 1. The van der Waals surface area contributed by atoms with E-state index < -0.39 is 0 Å². The first-order chi connectivity index (χ1) is 7.91. The topological polar surface area (TPSA) is 48.1 Å². The minimum Gasteiger partial charge on any atom is -0.497 e. The minimum atomic E-state index is 0.0283. The molecule has 0 bridgehead atoms. The number of ether oxygens (including phenoxy) is 1. The summed E-state index contributed by atoms with van der Waals surface area (Å²) in [5.74, 6) is 0.764. The average molecular weight is 230 g/mol. The number of hydrogen-bond donors (Lipinski definition) is 1. The first-order valence-corrected chi connectivity index (χ1v) is 5.66. The molecule has 0 aliphatic heterocycles. The molecule has 0 aliphatic carbocycles. The number of methoxy groups -OCH3 is 1. The summed E-state index contributed by atoms with van der Waals surface area (Å²) < 4.78 is 5.19. The Bertz CT molecular complexity index is 556. The van der Waals surface area contributed by atoms with E-state index in [4.69, 9.17) is 10.5 Å². The molecule has 0 amide bonds. The third kappa shape index (κ3) is 2.18. The van der Waals surface area contributed by atoms with Crippen molar-refractivity contribution in [2.75, 3.05) is 12.8 Å². The number of nitrogens with zero attached hydrogens (tertiary/aromatic N) is 1. The van der Waals surface area contributed by atoms with Crippen molar-refractivity contribution >= 4 is 16.6 Å². The van der Waals surface area contributed by atoms with E-state index in [0.717, 1.165) is 22.3 Å². The quantitative estimate of drug-likeness (QED) is 0.766. The minimum absolute atomic E-state index is 0.0283. The molecule has 0 saturated carbocycles. The van der Waals surface area contributed by atoms with Crippen molar-refractivity contribution in [1.29, 1.82) is 0 Å². The molecular formula is C14H18N2O. The van der Waals surface area contributed by atoms with Gasteiger partial charge in [0, 0.05) is 22.6 Å². The zero-order valence-electron chi connectivity index (χ0n) is 10.7. The highest BCUT2D eigenvalue weighted by molar-refractivity contribution is 5.91. The molecule has 90 valence electrons. The van der Waals surface area contributed by atoms with Crippen LogP contribution >= 0.6 is 0 Å². The van der Waals surface area contributed by atoms with Crippen molar-refractivity contribution < 1.29 is 4.74 Å². The fourth-order valence-electron chi connectivity index (χ4n) is 1.77. The van der Waals surface area contributed by atoms with Gasteiger partial charge in [0.15, 0.2) is 0 Å². The van der Waals surface area contributed by atoms with Gasteiger partial charge >= 0.3 is 0 Å². The van der Waals surface area contributed by atoms with Gasteiger partial charge in [-0.3, -0.25) is 4.98 Å². The summed E-state index contributed by atoms with van der Waals surface area (Å²) >= 11 is 0. The van der Waals surface area contributed by atoms with Crippen LogP contribution in [-0.2, 0) is 5.41 Å². The van der Waals surface area contributed by atoms with E-state index in [-0.39, 0.29) is 5.41 Å². The highest BCUT2D eigenvalue weighted by Crippen LogP contribution is 2.29. The molecule has 0 unspecified atom stereocenters. The second kappa shape index (κ2) is 3.91. The van der Waals surface area contributed by atoms with Gasteiger partial charge in [0.05, 0.1) is 18.3 Å². The largest absolute Gasteiger partial charge is 0.497 e. The Hall–Kier alpha value is -1.77. The smallest absolute Gasteiger partial charge is 0.121 e. The summed E-state index contributed by atoms with van der Waals surface area (Å²) in [7, 11) is 1.64. The Morgan fingerprint density at radius 1 is 1.18 bits per heavy atom. The summed E-state index contributed by atoms with van der Waals surface area (Å²) in [6.45, 7) is 6.42. The lowest BCUT2D eigenvalue weighted by Gasteiger charge is -2.18. The van der Waals surface area contributed by atoms with E-state index in [9.17, 15) is 0 Å². The van der Waals surface area contributed by atoms with E-state index in [1.807, 2.05) is 24.3 Å². The van der Waals surface area contributed by atoms with Gasteiger partial charge in [-0.05, 0) is 12.1 Å². The van der Waals surface area contributed by atoms with E-state index >= 15 is 0 Å². The molecule has 2 rings (SSSR count). The van der Waals surface area contributed by atoms with Crippen LogP contribution in [0.15, 0.2) is 24.3 Å². The number of aromatic nitrogens is 1.